The van der Waals surface area contributed by atoms with Crippen molar-refractivity contribution >= 4 is 39.6 Å². The lowest BCUT2D eigenvalue weighted by atomic mass is 10.2. The van der Waals surface area contributed by atoms with Crippen molar-refractivity contribution in [1.82, 2.24) is 9.55 Å². The van der Waals surface area contributed by atoms with Crippen LogP contribution in [-0.4, -0.2) is 20.6 Å². The van der Waals surface area contributed by atoms with E-state index in [4.69, 9.17) is 21.0 Å². The molecular weight excluding hydrogens is 388 g/mol. The number of aromatic nitrogens is 2. The fourth-order valence-electron chi connectivity index (χ4n) is 3.50. The molecule has 0 amide bonds. The SMILES string of the molecule is O=C(O)c1ccc2c(c1)nc(-c1cc3ccccc3o1)n2Cc1ccccc1Cl. The zero-order valence-electron chi connectivity index (χ0n) is 15.2. The minimum Gasteiger partial charge on any atom is -0.478 e. The Morgan fingerprint density at radius 2 is 1.83 bits per heavy atom. The second kappa shape index (κ2) is 6.79. The lowest BCUT2D eigenvalue weighted by Gasteiger charge is -2.09. The number of hydrogen-bond donors (Lipinski definition) is 1. The largest absolute Gasteiger partial charge is 0.478 e. The third-order valence-electron chi connectivity index (χ3n) is 4.93. The van der Waals surface area contributed by atoms with Gasteiger partial charge in [-0.3, -0.25) is 0 Å². The Hall–Kier alpha value is -3.57. The van der Waals surface area contributed by atoms with Gasteiger partial charge in [-0.15, -0.1) is 0 Å². The smallest absolute Gasteiger partial charge is 0.335 e. The van der Waals surface area contributed by atoms with Crippen LogP contribution in [-0.2, 0) is 6.54 Å². The van der Waals surface area contributed by atoms with Crippen LogP contribution >= 0.6 is 11.6 Å². The van der Waals surface area contributed by atoms with Crippen molar-refractivity contribution in [3.63, 3.8) is 0 Å². The summed E-state index contributed by atoms with van der Waals surface area (Å²) in [6, 6.07) is 22.3. The highest BCUT2D eigenvalue weighted by Crippen LogP contribution is 2.31. The number of fused-ring (bicyclic) bond motifs is 2. The summed E-state index contributed by atoms with van der Waals surface area (Å²) in [5.74, 6) is 0.253. The molecule has 142 valence electrons. The van der Waals surface area contributed by atoms with Crippen molar-refractivity contribution in [2.45, 2.75) is 6.54 Å². The van der Waals surface area contributed by atoms with E-state index in [-0.39, 0.29) is 5.56 Å². The van der Waals surface area contributed by atoms with Gasteiger partial charge in [0, 0.05) is 10.4 Å². The van der Waals surface area contributed by atoms with E-state index in [0.717, 1.165) is 22.0 Å². The van der Waals surface area contributed by atoms with Crippen LogP contribution in [0, 0.1) is 0 Å². The molecule has 0 fully saturated rings. The Labute approximate surface area is 170 Å². The highest BCUT2D eigenvalue weighted by atomic mass is 35.5. The van der Waals surface area contributed by atoms with Crippen LogP contribution in [0.2, 0.25) is 5.02 Å². The zero-order valence-corrected chi connectivity index (χ0v) is 15.9. The molecule has 3 aromatic carbocycles. The molecule has 0 spiro atoms. The van der Waals surface area contributed by atoms with Gasteiger partial charge in [0.2, 0.25) is 0 Å². The molecule has 0 aliphatic carbocycles. The quantitative estimate of drug-likeness (QED) is 0.409. The number of carbonyl (C=O) groups is 1. The van der Waals surface area contributed by atoms with Crippen molar-refractivity contribution in [3.05, 3.63) is 88.9 Å². The molecule has 0 atom stereocenters. The molecule has 5 aromatic rings. The van der Waals surface area contributed by atoms with Crippen LogP contribution in [0.15, 0.2) is 77.2 Å². The van der Waals surface area contributed by atoms with Crippen molar-refractivity contribution in [2.75, 3.05) is 0 Å². The van der Waals surface area contributed by atoms with E-state index < -0.39 is 5.97 Å². The highest BCUT2D eigenvalue weighted by molar-refractivity contribution is 6.31. The Bertz CT molecular complexity index is 1350. The minimum absolute atomic E-state index is 0.191. The fraction of sp³-hybridized carbons (Fsp3) is 0.0435. The summed E-state index contributed by atoms with van der Waals surface area (Å²) in [6.07, 6.45) is 0. The molecule has 5 nitrogen and oxygen atoms in total. The average Bonchev–Trinajstić information content (AvgIpc) is 3.30. The minimum atomic E-state index is -0.988. The van der Waals surface area contributed by atoms with Gasteiger partial charge < -0.3 is 14.1 Å². The number of para-hydroxylation sites is 1. The molecule has 5 rings (SSSR count). The number of hydrogen-bond acceptors (Lipinski definition) is 3. The lowest BCUT2D eigenvalue weighted by molar-refractivity contribution is 0.0697. The van der Waals surface area contributed by atoms with Crippen LogP contribution in [0.3, 0.4) is 0 Å². The number of benzene rings is 3. The number of furan rings is 1. The Morgan fingerprint density at radius 1 is 1.03 bits per heavy atom. The van der Waals surface area contributed by atoms with E-state index in [2.05, 4.69) is 0 Å². The monoisotopic (exact) mass is 402 g/mol. The molecule has 2 heterocycles. The van der Waals surface area contributed by atoms with E-state index in [1.165, 1.54) is 0 Å². The molecule has 0 radical (unpaired) electrons. The second-order valence-corrected chi connectivity index (χ2v) is 7.18. The first kappa shape index (κ1) is 17.5. The number of carboxylic acid groups (broad SMARTS) is 1. The molecule has 0 saturated heterocycles. The summed E-state index contributed by atoms with van der Waals surface area (Å²) in [5.41, 5.74) is 3.30. The van der Waals surface area contributed by atoms with Gasteiger partial charge in [0.1, 0.15) is 5.58 Å². The van der Waals surface area contributed by atoms with E-state index in [1.807, 2.05) is 59.2 Å². The first-order chi connectivity index (χ1) is 14.1. The molecule has 0 unspecified atom stereocenters. The molecule has 1 N–H and O–H groups in total. The number of carboxylic acids is 1. The van der Waals surface area contributed by atoms with Crippen molar-refractivity contribution < 1.29 is 14.3 Å². The third-order valence-corrected chi connectivity index (χ3v) is 5.30. The normalized spacial score (nSPS) is 11.3. The van der Waals surface area contributed by atoms with Gasteiger partial charge >= 0.3 is 5.97 Å². The molecule has 0 saturated carbocycles. The fourth-order valence-corrected chi connectivity index (χ4v) is 3.70. The molecule has 0 bridgehead atoms. The summed E-state index contributed by atoms with van der Waals surface area (Å²) in [5, 5.41) is 11.0. The van der Waals surface area contributed by atoms with Gasteiger partial charge in [-0.25, -0.2) is 9.78 Å². The number of aromatic carboxylic acids is 1. The first-order valence-corrected chi connectivity index (χ1v) is 9.44. The van der Waals surface area contributed by atoms with Crippen LogP contribution in [0.4, 0.5) is 0 Å². The van der Waals surface area contributed by atoms with Gasteiger partial charge in [-0.2, -0.15) is 0 Å². The maximum atomic E-state index is 11.4. The third kappa shape index (κ3) is 3.05. The number of nitrogens with zero attached hydrogens (tertiary/aromatic N) is 2. The average molecular weight is 403 g/mol. The van der Waals surface area contributed by atoms with E-state index in [1.54, 1.807) is 18.2 Å². The van der Waals surface area contributed by atoms with Crippen molar-refractivity contribution in [1.29, 1.82) is 0 Å². The number of rotatable bonds is 4. The Morgan fingerprint density at radius 3 is 2.62 bits per heavy atom. The number of halogens is 1. The second-order valence-electron chi connectivity index (χ2n) is 6.77. The molecule has 2 aromatic heterocycles. The number of imidazole rings is 1. The summed E-state index contributed by atoms with van der Waals surface area (Å²) >= 11 is 6.39. The van der Waals surface area contributed by atoms with Crippen LogP contribution < -0.4 is 0 Å². The van der Waals surface area contributed by atoms with Crippen LogP contribution in [0.5, 0.6) is 0 Å². The highest BCUT2D eigenvalue weighted by Gasteiger charge is 2.18. The van der Waals surface area contributed by atoms with Gasteiger partial charge in [0.15, 0.2) is 11.6 Å². The Kier molecular flexibility index (Phi) is 4.11. The predicted octanol–water partition coefficient (Wildman–Crippen LogP) is 5.85. The standard InChI is InChI=1S/C23H15ClN2O3/c24-17-7-3-1-6-16(17)13-26-19-10-9-15(23(27)28)11-18(19)25-22(26)21-12-14-5-2-4-8-20(14)29-21/h1-12H,13H2,(H,27,28). The maximum Gasteiger partial charge on any atom is 0.335 e. The van der Waals surface area contributed by atoms with Crippen molar-refractivity contribution in [3.8, 4) is 11.6 Å². The summed E-state index contributed by atoms with van der Waals surface area (Å²) in [7, 11) is 0. The lowest BCUT2D eigenvalue weighted by Crippen LogP contribution is -2.03. The first-order valence-electron chi connectivity index (χ1n) is 9.06. The zero-order chi connectivity index (χ0) is 20.0. The van der Waals surface area contributed by atoms with Gasteiger partial charge in [0.25, 0.3) is 0 Å². The predicted molar refractivity (Wildman–Crippen MR) is 112 cm³/mol. The topological polar surface area (TPSA) is 68.3 Å². The molecule has 0 aliphatic rings. The Balaban J connectivity index is 1.74. The summed E-state index contributed by atoms with van der Waals surface area (Å²) in [4.78, 5) is 16.1. The van der Waals surface area contributed by atoms with Crippen molar-refractivity contribution in [2.24, 2.45) is 0 Å². The van der Waals surface area contributed by atoms with Gasteiger partial charge in [-0.05, 0) is 42.0 Å². The van der Waals surface area contributed by atoms with E-state index in [9.17, 15) is 9.90 Å². The molecular formula is C23H15ClN2O3. The molecule has 0 aliphatic heterocycles. The van der Waals surface area contributed by atoms with E-state index >= 15 is 0 Å². The van der Waals surface area contributed by atoms with Crippen LogP contribution in [0.25, 0.3) is 33.6 Å². The van der Waals surface area contributed by atoms with Gasteiger partial charge in [0.05, 0.1) is 23.1 Å². The molecule has 29 heavy (non-hydrogen) atoms. The molecule has 6 heteroatoms. The maximum absolute atomic E-state index is 11.4. The van der Waals surface area contributed by atoms with Crippen LogP contribution in [0.1, 0.15) is 15.9 Å². The summed E-state index contributed by atoms with van der Waals surface area (Å²) < 4.78 is 8.04. The van der Waals surface area contributed by atoms with E-state index in [0.29, 0.717) is 28.7 Å². The van der Waals surface area contributed by atoms with Gasteiger partial charge in [-0.1, -0.05) is 48.0 Å². The summed E-state index contributed by atoms with van der Waals surface area (Å²) in [6.45, 7) is 0.481.